The van der Waals surface area contributed by atoms with Crippen molar-refractivity contribution in [3.63, 3.8) is 0 Å². The lowest BCUT2D eigenvalue weighted by atomic mass is 9.85. The van der Waals surface area contributed by atoms with Gasteiger partial charge in [-0.2, -0.15) is 0 Å². The number of fused-ring (bicyclic) bond motifs is 1. The van der Waals surface area contributed by atoms with Crippen LogP contribution in [0.5, 0.6) is 0 Å². The summed E-state index contributed by atoms with van der Waals surface area (Å²) in [5.74, 6) is -2.64. The normalized spacial score (nSPS) is 29.5. The Kier molecular flexibility index (Phi) is 8.57. The minimum atomic E-state index is -0.770. The van der Waals surface area contributed by atoms with E-state index >= 15 is 0 Å². The van der Waals surface area contributed by atoms with E-state index in [2.05, 4.69) is 6.58 Å². The predicted molar refractivity (Wildman–Crippen MR) is 115 cm³/mol. The molecule has 1 aliphatic heterocycles. The first kappa shape index (κ1) is 25.1. The Bertz CT molecular complexity index is 892. The fraction of sp³-hybridized carbons (Fsp3) is 0.500. The summed E-state index contributed by atoms with van der Waals surface area (Å²) >= 11 is 0. The molecule has 0 N–H and O–H groups in total. The van der Waals surface area contributed by atoms with Gasteiger partial charge in [-0.05, 0) is 38.5 Å². The van der Waals surface area contributed by atoms with Crippen LogP contribution in [0.4, 0.5) is 0 Å². The topological polar surface area (TPSA) is 105 Å². The van der Waals surface area contributed by atoms with E-state index in [1.54, 1.807) is 32.1 Å². The van der Waals surface area contributed by atoms with Gasteiger partial charge in [0.05, 0.1) is 5.92 Å². The number of hydrogen-bond acceptors (Lipinski definition) is 8. The summed E-state index contributed by atoms with van der Waals surface area (Å²) in [5, 5.41) is 0. The molecule has 8 nitrogen and oxygen atoms in total. The van der Waals surface area contributed by atoms with Gasteiger partial charge in [-0.1, -0.05) is 18.2 Å². The van der Waals surface area contributed by atoms with Crippen molar-refractivity contribution in [3.05, 3.63) is 47.1 Å². The lowest BCUT2D eigenvalue weighted by Gasteiger charge is -2.28. The van der Waals surface area contributed by atoms with Crippen molar-refractivity contribution in [1.29, 1.82) is 0 Å². The second-order valence-electron chi connectivity index (χ2n) is 8.01. The Hall–Kier alpha value is -3.16. The third-order valence-corrected chi connectivity index (χ3v) is 5.31. The van der Waals surface area contributed by atoms with Gasteiger partial charge in [0, 0.05) is 37.8 Å². The summed E-state index contributed by atoms with van der Waals surface area (Å²) in [6, 6.07) is 0. The summed E-state index contributed by atoms with van der Waals surface area (Å²) in [4.78, 5) is 47.9. The highest BCUT2D eigenvalue weighted by molar-refractivity contribution is 5.92. The van der Waals surface area contributed by atoms with Gasteiger partial charge in [-0.15, -0.1) is 0 Å². The molecule has 4 atom stereocenters. The third-order valence-electron chi connectivity index (χ3n) is 5.31. The number of allylic oxidation sites excluding steroid dienone is 1. The van der Waals surface area contributed by atoms with Crippen molar-refractivity contribution < 1.29 is 38.1 Å². The molecule has 0 aromatic carbocycles. The molecule has 0 radical (unpaired) electrons. The van der Waals surface area contributed by atoms with E-state index in [1.807, 2.05) is 6.92 Å². The summed E-state index contributed by atoms with van der Waals surface area (Å²) in [6.45, 7) is 11.6. The molecule has 2 rings (SSSR count). The van der Waals surface area contributed by atoms with Crippen molar-refractivity contribution in [2.75, 3.05) is 6.61 Å². The molecule has 0 unspecified atom stereocenters. The minimum absolute atomic E-state index is 0.0602. The first-order valence-electron chi connectivity index (χ1n) is 10.4. The average Bonchev–Trinajstić information content (AvgIpc) is 2.97. The average molecular weight is 446 g/mol. The van der Waals surface area contributed by atoms with Crippen LogP contribution < -0.4 is 0 Å². The fourth-order valence-electron chi connectivity index (χ4n) is 3.68. The number of carbonyl (C=O) groups is 4. The summed E-state index contributed by atoms with van der Waals surface area (Å²) in [7, 11) is 0. The summed E-state index contributed by atoms with van der Waals surface area (Å²) in [6.07, 6.45) is 3.49. The molecular formula is C24H30O8. The van der Waals surface area contributed by atoms with Crippen molar-refractivity contribution in [2.24, 2.45) is 5.92 Å². The maximum absolute atomic E-state index is 12.5. The Morgan fingerprint density at radius 2 is 1.81 bits per heavy atom. The standard InChI is InChI=1S/C24H30O8/c1-7-14(3)23(27)31-20-9-13(2)8-19(30-17(6)26)10-18(12-29-16(5)25)11-21-22(20)15(4)24(28)32-21/h7-8,11,19-22H,4,9-10,12H2,1-3,5-6H3/b13-8+,14-7+,18-11+/t19-,20+,21+,22+/m0/s1. The molecule has 0 aromatic rings. The van der Waals surface area contributed by atoms with E-state index in [9.17, 15) is 19.2 Å². The van der Waals surface area contributed by atoms with Gasteiger partial charge in [0.1, 0.15) is 24.9 Å². The van der Waals surface area contributed by atoms with Crippen LogP contribution in [0, 0.1) is 5.92 Å². The van der Waals surface area contributed by atoms with Gasteiger partial charge >= 0.3 is 23.9 Å². The first-order valence-corrected chi connectivity index (χ1v) is 10.4. The van der Waals surface area contributed by atoms with Gasteiger partial charge in [0.2, 0.25) is 0 Å². The maximum atomic E-state index is 12.5. The van der Waals surface area contributed by atoms with Crippen molar-refractivity contribution >= 4 is 23.9 Å². The van der Waals surface area contributed by atoms with Crippen molar-refractivity contribution in [3.8, 4) is 0 Å². The Morgan fingerprint density at radius 3 is 2.41 bits per heavy atom. The Labute approximate surface area is 187 Å². The molecule has 0 aromatic heterocycles. The SMILES string of the molecule is C=C1C(=O)O[C@@H]2/C=C(/COC(C)=O)C[C@@H](OC(C)=O)/C=C(\C)C[C@@H](OC(=O)/C(C)=C/C)[C@@H]12. The molecule has 1 saturated heterocycles. The van der Waals surface area contributed by atoms with E-state index in [0.29, 0.717) is 17.6 Å². The Morgan fingerprint density at radius 1 is 1.12 bits per heavy atom. The molecule has 174 valence electrons. The maximum Gasteiger partial charge on any atom is 0.334 e. The highest BCUT2D eigenvalue weighted by Crippen LogP contribution is 2.36. The Balaban J connectivity index is 2.51. The fourth-order valence-corrected chi connectivity index (χ4v) is 3.68. The van der Waals surface area contributed by atoms with Crippen LogP contribution in [0.1, 0.15) is 47.5 Å². The van der Waals surface area contributed by atoms with E-state index in [1.165, 1.54) is 13.8 Å². The van der Waals surface area contributed by atoms with Gasteiger partial charge in [-0.3, -0.25) is 9.59 Å². The van der Waals surface area contributed by atoms with E-state index in [4.69, 9.17) is 18.9 Å². The largest absolute Gasteiger partial charge is 0.461 e. The molecule has 0 amide bonds. The molecule has 0 bridgehead atoms. The molecule has 1 heterocycles. The highest BCUT2D eigenvalue weighted by Gasteiger charge is 2.44. The molecule has 1 aliphatic carbocycles. The van der Waals surface area contributed by atoms with E-state index in [-0.39, 0.29) is 18.6 Å². The van der Waals surface area contributed by atoms with Gasteiger partial charge < -0.3 is 18.9 Å². The zero-order valence-corrected chi connectivity index (χ0v) is 19.1. The monoisotopic (exact) mass is 446 g/mol. The van der Waals surface area contributed by atoms with Crippen LogP contribution in [-0.4, -0.2) is 48.8 Å². The molecular weight excluding hydrogens is 416 g/mol. The van der Waals surface area contributed by atoms with E-state index in [0.717, 1.165) is 5.57 Å². The van der Waals surface area contributed by atoms with Gasteiger partial charge in [0.15, 0.2) is 0 Å². The minimum Gasteiger partial charge on any atom is -0.461 e. The second-order valence-corrected chi connectivity index (χ2v) is 8.01. The quantitative estimate of drug-likeness (QED) is 0.275. The number of esters is 4. The predicted octanol–water partition coefficient (Wildman–Crippen LogP) is 3.12. The number of carbonyl (C=O) groups excluding carboxylic acids is 4. The third kappa shape index (κ3) is 6.67. The molecule has 0 spiro atoms. The smallest absolute Gasteiger partial charge is 0.334 e. The zero-order valence-electron chi connectivity index (χ0n) is 19.1. The number of rotatable bonds is 5. The molecule has 2 aliphatic rings. The molecule has 32 heavy (non-hydrogen) atoms. The van der Waals surface area contributed by atoms with Crippen LogP contribution in [0.2, 0.25) is 0 Å². The highest BCUT2D eigenvalue weighted by atomic mass is 16.6. The van der Waals surface area contributed by atoms with Gasteiger partial charge in [0.25, 0.3) is 0 Å². The van der Waals surface area contributed by atoms with Crippen LogP contribution in [0.15, 0.2) is 47.1 Å². The summed E-state index contributed by atoms with van der Waals surface area (Å²) in [5.41, 5.74) is 2.04. The van der Waals surface area contributed by atoms with Crippen LogP contribution >= 0.6 is 0 Å². The second kappa shape index (κ2) is 10.9. The molecule has 8 heteroatoms. The lowest BCUT2D eigenvalue weighted by molar-refractivity contribution is -0.147. The van der Waals surface area contributed by atoms with Crippen LogP contribution in [-0.2, 0) is 38.1 Å². The molecule has 0 saturated carbocycles. The lowest BCUT2D eigenvalue weighted by Crippen LogP contribution is -2.34. The zero-order chi connectivity index (χ0) is 24.0. The van der Waals surface area contributed by atoms with Crippen molar-refractivity contribution in [1.82, 2.24) is 0 Å². The van der Waals surface area contributed by atoms with E-state index < -0.39 is 48.1 Å². The number of hydrogen-bond donors (Lipinski definition) is 0. The van der Waals surface area contributed by atoms with Crippen LogP contribution in [0.3, 0.4) is 0 Å². The first-order chi connectivity index (χ1) is 15.0. The van der Waals surface area contributed by atoms with Gasteiger partial charge in [-0.25, -0.2) is 9.59 Å². The number of ether oxygens (including phenoxy) is 4. The van der Waals surface area contributed by atoms with Crippen LogP contribution in [0.25, 0.3) is 0 Å². The molecule has 1 fully saturated rings. The van der Waals surface area contributed by atoms with Crippen molar-refractivity contribution in [2.45, 2.75) is 65.8 Å². The summed E-state index contributed by atoms with van der Waals surface area (Å²) < 4.78 is 21.8.